The number of esters is 7. The van der Waals surface area contributed by atoms with Gasteiger partial charge >= 0.3 is 41.8 Å². The summed E-state index contributed by atoms with van der Waals surface area (Å²) in [5.41, 5.74) is -0.368. The number of ether oxygens (including phenoxy) is 10. The summed E-state index contributed by atoms with van der Waals surface area (Å²) in [6.07, 6.45) is -14.2. The van der Waals surface area contributed by atoms with E-state index in [2.05, 4.69) is 10.3 Å². The van der Waals surface area contributed by atoms with Crippen molar-refractivity contribution in [2.45, 2.75) is 120 Å². The molecular weight excluding hydrogens is 971 g/mol. The fourth-order valence-corrected chi connectivity index (χ4v) is 8.69. The van der Waals surface area contributed by atoms with Crippen molar-refractivity contribution in [1.82, 2.24) is 15.0 Å². The first-order chi connectivity index (χ1) is 28.5. The molecule has 0 unspecified atom stereocenters. The van der Waals surface area contributed by atoms with Crippen LogP contribution in [0.1, 0.15) is 54.2 Å². The van der Waals surface area contributed by atoms with Crippen LogP contribution in [0.2, 0.25) is 0 Å². The van der Waals surface area contributed by atoms with Crippen LogP contribution in [0.15, 0.2) is 29.2 Å². The normalized spacial score (nSPS) is 26.2. The third-order valence-electron chi connectivity index (χ3n) is 8.36. The zero-order valence-corrected chi connectivity index (χ0v) is 37.4. The van der Waals surface area contributed by atoms with Crippen LogP contribution in [-0.2, 0) is 96.7 Å². The van der Waals surface area contributed by atoms with E-state index in [4.69, 9.17) is 52.5 Å². The maximum Gasteiger partial charge on any atom is 0.303 e. The number of carbonyl (C=O) groups is 7. The molecule has 1 aromatic carbocycles. The number of nitrogens with zero attached hydrogens (tertiary/aromatic N) is 3. The van der Waals surface area contributed by atoms with Gasteiger partial charge in [-0.3, -0.25) is 33.6 Å². The van der Waals surface area contributed by atoms with Crippen molar-refractivity contribution in [3.8, 4) is 5.69 Å². The molecule has 2 aliphatic rings. The maximum atomic E-state index is 12.8. The molecule has 61 heavy (non-hydrogen) atoms. The van der Waals surface area contributed by atoms with Crippen molar-refractivity contribution in [1.29, 1.82) is 0 Å². The van der Waals surface area contributed by atoms with Crippen molar-refractivity contribution in [2.75, 3.05) is 13.2 Å². The molecule has 1 aromatic heterocycles. The highest BCUT2D eigenvalue weighted by Gasteiger charge is 2.57. The molecule has 2 aliphatic heterocycles. The molecule has 0 radical (unpaired) electrons. The molecule has 336 valence electrons. The van der Waals surface area contributed by atoms with Crippen LogP contribution in [0, 0.1) is 3.70 Å². The summed E-state index contributed by atoms with van der Waals surface area (Å²) in [5.74, 6) is -5.96. The summed E-state index contributed by atoms with van der Waals surface area (Å²) in [5, 5.41) is 13.6. The molecule has 4 rings (SSSR count). The Labute approximate surface area is 366 Å². The van der Waals surface area contributed by atoms with Gasteiger partial charge in [-0.2, -0.15) is 0 Å². The van der Waals surface area contributed by atoms with Crippen molar-refractivity contribution >= 4 is 86.2 Å². The van der Waals surface area contributed by atoms with Crippen LogP contribution in [-0.4, -0.2) is 139 Å². The Hall–Kier alpha value is -4.48. The van der Waals surface area contributed by atoms with E-state index in [0.717, 1.165) is 60.2 Å². The Morgan fingerprint density at radius 3 is 1.62 bits per heavy atom. The fourth-order valence-electron chi connectivity index (χ4n) is 6.10. The first-order valence-electron chi connectivity index (χ1n) is 18.0. The zero-order valence-electron chi connectivity index (χ0n) is 33.6. The number of benzene rings is 1. The Morgan fingerprint density at radius 1 is 0.672 bits per heavy atom. The molecule has 0 saturated carbocycles. The maximum absolute atomic E-state index is 12.8. The van der Waals surface area contributed by atoms with Crippen molar-refractivity contribution in [2.24, 2.45) is 5.14 Å². The van der Waals surface area contributed by atoms with Crippen molar-refractivity contribution in [3.63, 3.8) is 0 Å². The minimum absolute atomic E-state index is 0.0221. The Morgan fingerprint density at radius 2 is 1.13 bits per heavy atom. The lowest BCUT2D eigenvalue weighted by Crippen LogP contribution is -2.66. The summed E-state index contributed by atoms with van der Waals surface area (Å²) in [7, 11) is -3.95. The van der Waals surface area contributed by atoms with Crippen LogP contribution in [0.25, 0.3) is 5.69 Å². The number of sulfonamides is 1. The molecule has 0 spiro atoms. The van der Waals surface area contributed by atoms with E-state index in [1.165, 1.54) is 28.9 Å². The third kappa shape index (κ3) is 13.8. The number of rotatable bonds is 16. The number of carbonyl (C=O) groups excluding carboxylic acids is 7. The topological polar surface area (TPSA) is 303 Å². The van der Waals surface area contributed by atoms with E-state index >= 15 is 0 Å². The number of halogens is 1. The van der Waals surface area contributed by atoms with Gasteiger partial charge in [0.1, 0.15) is 46.4 Å². The largest absolute Gasteiger partial charge is 0.463 e. The lowest BCUT2D eigenvalue weighted by atomic mass is 9.96. The Balaban J connectivity index is 1.76. The number of thioether (sulfide) groups is 1. The van der Waals surface area contributed by atoms with Gasteiger partial charge in [0.25, 0.3) is 0 Å². The Kier molecular flexibility index (Phi) is 17.4. The van der Waals surface area contributed by atoms with E-state index in [9.17, 15) is 42.0 Å². The molecule has 2 saturated heterocycles. The van der Waals surface area contributed by atoms with Gasteiger partial charge in [-0.25, -0.2) is 18.2 Å². The number of aromatic nitrogens is 3. The van der Waals surface area contributed by atoms with E-state index in [1.807, 2.05) is 22.6 Å². The number of hydrogen-bond donors (Lipinski definition) is 1. The molecule has 0 amide bonds. The van der Waals surface area contributed by atoms with Gasteiger partial charge < -0.3 is 47.4 Å². The SMILES string of the molecule is CC(=O)OC[C@H]1O[C@@H](SCc2nnn(-c3ccc(S(N)(=O)=O)cc3)c2I)[C@H](OC(C)=O)[C@@H](OC(C)=O)[C@@H]1O[C@H]1O[C@H](COC(C)=O)[C@@H](OC(C)=O)[C@H](OC(C)=O)[C@H]1OC(C)=O. The first kappa shape index (κ1) is 49.2. The second kappa shape index (κ2) is 21.5. The van der Waals surface area contributed by atoms with Gasteiger partial charge in [0, 0.05) is 54.2 Å². The van der Waals surface area contributed by atoms with E-state index in [1.54, 1.807) is 0 Å². The van der Waals surface area contributed by atoms with E-state index in [-0.39, 0.29) is 10.6 Å². The van der Waals surface area contributed by atoms with Crippen molar-refractivity contribution < 1.29 is 89.3 Å². The molecule has 2 fully saturated rings. The van der Waals surface area contributed by atoms with Crippen LogP contribution in [0.5, 0.6) is 0 Å². The molecule has 2 N–H and O–H groups in total. The Bertz CT molecular complexity index is 2070. The summed E-state index contributed by atoms with van der Waals surface area (Å²) < 4.78 is 82.6. The van der Waals surface area contributed by atoms with Crippen LogP contribution < -0.4 is 5.14 Å². The lowest BCUT2D eigenvalue weighted by molar-refractivity contribution is -0.341. The van der Waals surface area contributed by atoms with E-state index in [0.29, 0.717) is 15.1 Å². The predicted molar refractivity (Wildman–Crippen MR) is 210 cm³/mol. The standard InChI is InChI=1S/C35H43IN4O19S2/c1-15(41)50-12-25-27(52-17(3)43)29(53-18(4)44)31(55-20(6)46)34(57-25)59-28-26(13-51-16(2)42)58-35(32(56-21(7)47)30(28)54-19(5)45)60-14-24-33(36)40(39-38-24)22-8-10-23(11-9-22)61(37,48)49/h8-11,25-32,34-35H,12-14H2,1-7H3,(H2,37,48,49)/t25-,26-,27-,28-,29+,30+,31-,32-,34-,35+/m1/s1. The van der Waals surface area contributed by atoms with E-state index < -0.39 is 126 Å². The van der Waals surface area contributed by atoms with Crippen LogP contribution in [0.4, 0.5) is 0 Å². The second-order valence-electron chi connectivity index (χ2n) is 13.3. The highest BCUT2D eigenvalue weighted by atomic mass is 127. The van der Waals surface area contributed by atoms with Gasteiger partial charge in [0.2, 0.25) is 10.0 Å². The summed E-state index contributed by atoms with van der Waals surface area (Å²) in [4.78, 5) is 86.5. The van der Waals surface area contributed by atoms with Crippen molar-refractivity contribution in [3.05, 3.63) is 33.7 Å². The molecule has 0 bridgehead atoms. The summed E-state index contributed by atoms with van der Waals surface area (Å²) >= 11 is 2.99. The van der Waals surface area contributed by atoms with Gasteiger partial charge in [0.05, 0.1) is 10.6 Å². The minimum atomic E-state index is -3.95. The monoisotopic (exact) mass is 1010 g/mol. The minimum Gasteiger partial charge on any atom is -0.463 e. The second-order valence-corrected chi connectivity index (χ2v) is 16.9. The lowest BCUT2D eigenvalue weighted by Gasteiger charge is -2.48. The van der Waals surface area contributed by atoms with Gasteiger partial charge in [-0.15, -0.1) is 16.9 Å². The molecule has 0 aliphatic carbocycles. The van der Waals surface area contributed by atoms with Gasteiger partial charge in [-0.1, -0.05) is 5.21 Å². The molecule has 10 atom stereocenters. The number of hydrogen-bond acceptors (Lipinski definition) is 22. The predicted octanol–water partition coefficient (Wildman–Crippen LogP) is 0.372. The number of primary sulfonamides is 1. The van der Waals surface area contributed by atoms with Gasteiger partial charge in [-0.05, 0) is 46.9 Å². The first-order valence-corrected chi connectivity index (χ1v) is 21.7. The smallest absolute Gasteiger partial charge is 0.303 e. The highest BCUT2D eigenvalue weighted by molar-refractivity contribution is 14.1. The highest BCUT2D eigenvalue weighted by Crippen LogP contribution is 2.39. The average molecular weight is 1010 g/mol. The summed E-state index contributed by atoms with van der Waals surface area (Å²) in [6.45, 7) is 6.29. The molecule has 2 aromatic rings. The fraction of sp³-hybridized carbons (Fsp3) is 0.571. The third-order valence-corrected chi connectivity index (χ3v) is 11.5. The molecular formula is C35H43IN4O19S2. The molecule has 3 heterocycles. The molecule has 23 nitrogen and oxygen atoms in total. The quantitative estimate of drug-likeness (QED) is 0.135. The summed E-state index contributed by atoms with van der Waals surface area (Å²) in [6, 6.07) is 5.55. The zero-order chi connectivity index (χ0) is 45.3. The van der Waals surface area contributed by atoms with Crippen LogP contribution in [0.3, 0.4) is 0 Å². The number of nitrogens with two attached hydrogens (primary N) is 1. The van der Waals surface area contributed by atoms with Gasteiger partial charge in [0.15, 0.2) is 36.8 Å². The van der Waals surface area contributed by atoms with Crippen LogP contribution >= 0.6 is 34.4 Å². The average Bonchev–Trinajstić information content (AvgIpc) is 3.51. The molecule has 26 heteroatoms.